The lowest BCUT2D eigenvalue weighted by Gasteiger charge is -2.13. The van der Waals surface area contributed by atoms with Gasteiger partial charge in [-0.1, -0.05) is 26.1 Å². The monoisotopic (exact) mass is 250 g/mol. The van der Waals surface area contributed by atoms with Gasteiger partial charge in [-0.3, -0.25) is 0 Å². The van der Waals surface area contributed by atoms with Crippen LogP contribution < -0.4 is 10.5 Å². The van der Waals surface area contributed by atoms with Crippen molar-refractivity contribution in [2.24, 2.45) is 11.7 Å². The topological polar surface area (TPSA) is 48.1 Å². The third kappa shape index (κ3) is 2.75. The van der Waals surface area contributed by atoms with Crippen molar-refractivity contribution < 1.29 is 4.74 Å². The first-order valence-electron chi connectivity index (χ1n) is 6.03. The number of hydrogen-bond acceptors (Lipinski definition) is 3. The van der Waals surface area contributed by atoms with Gasteiger partial charge in [0.25, 0.3) is 0 Å². The van der Waals surface area contributed by atoms with Gasteiger partial charge in [0.2, 0.25) is 5.88 Å². The molecule has 0 saturated heterocycles. The SMILES string of the molecule is CC(C)COc1nc2c(cc1C(N)=S)CCC2. The Bertz CT molecular complexity index is 443. The van der Waals surface area contributed by atoms with Crippen LogP contribution in [0.1, 0.15) is 37.1 Å². The molecule has 1 aliphatic carbocycles. The zero-order valence-corrected chi connectivity index (χ0v) is 11.1. The fraction of sp³-hybridized carbons (Fsp3) is 0.538. The van der Waals surface area contributed by atoms with Crippen LogP contribution in [0.5, 0.6) is 5.88 Å². The first kappa shape index (κ1) is 12.3. The summed E-state index contributed by atoms with van der Waals surface area (Å²) in [5.74, 6) is 1.07. The average Bonchev–Trinajstić information content (AvgIpc) is 2.71. The first-order valence-corrected chi connectivity index (χ1v) is 6.44. The summed E-state index contributed by atoms with van der Waals surface area (Å²) in [5.41, 5.74) is 8.92. The van der Waals surface area contributed by atoms with Crippen LogP contribution in [-0.4, -0.2) is 16.6 Å². The van der Waals surface area contributed by atoms with Gasteiger partial charge in [-0.15, -0.1) is 0 Å². The molecule has 0 saturated carbocycles. The lowest BCUT2D eigenvalue weighted by Crippen LogP contribution is -2.15. The molecule has 1 aliphatic rings. The minimum absolute atomic E-state index is 0.367. The molecule has 1 aromatic rings. The van der Waals surface area contributed by atoms with Crippen LogP contribution in [0.2, 0.25) is 0 Å². The molecule has 4 heteroatoms. The number of nitrogens with two attached hydrogens (primary N) is 1. The Morgan fingerprint density at radius 3 is 2.94 bits per heavy atom. The maximum Gasteiger partial charge on any atom is 0.224 e. The lowest BCUT2D eigenvalue weighted by atomic mass is 10.1. The first-order chi connectivity index (χ1) is 8.08. The summed E-state index contributed by atoms with van der Waals surface area (Å²) in [6.45, 7) is 4.85. The number of ether oxygens (including phenoxy) is 1. The molecule has 1 aromatic heterocycles. The van der Waals surface area contributed by atoms with Crippen LogP contribution in [0.15, 0.2) is 6.07 Å². The van der Waals surface area contributed by atoms with Crippen LogP contribution in [-0.2, 0) is 12.8 Å². The van der Waals surface area contributed by atoms with E-state index >= 15 is 0 Å². The Labute approximate surface area is 107 Å². The second kappa shape index (κ2) is 5.00. The average molecular weight is 250 g/mol. The van der Waals surface area contributed by atoms with Crippen LogP contribution >= 0.6 is 12.2 Å². The van der Waals surface area contributed by atoms with E-state index in [1.165, 1.54) is 5.56 Å². The van der Waals surface area contributed by atoms with Crippen molar-refractivity contribution in [1.82, 2.24) is 4.98 Å². The van der Waals surface area contributed by atoms with E-state index < -0.39 is 0 Å². The molecular formula is C13H18N2OS. The number of nitrogens with zero attached hydrogens (tertiary/aromatic N) is 1. The highest BCUT2D eigenvalue weighted by molar-refractivity contribution is 7.80. The van der Waals surface area contributed by atoms with E-state index in [2.05, 4.69) is 18.8 Å². The predicted molar refractivity (Wildman–Crippen MR) is 72.5 cm³/mol. The van der Waals surface area contributed by atoms with Gasteiger partial charge < -0.3 is 10.5 Å². The molecule has 17 heavy (non-hydrogen) atoms. The third-order valence-electron chi connectivity index (χ3n) is 2.83. The fourth-order valence-corrected chi connectivity index (χ4v) is 2.13. The summed E-state index contributed by atoms with van der Waals surface area (Å²) in [6, 6.07) is 2.05. The summed E-state index contributed by atoms with van der Waals surface area (Å²) >= 11 is 5.06. The Hall–Kier alpha value is -1.16. The van der Waals surface area contributed by atoms with E-state index in [0.717, 1.165) is 30.5 Å². The summed E-state index contributed by atoms with van der Waals surface area (Å²) in [6.07, 6.45) is 3.26. The highest BCUT2D eigenvalue weighted by Crippen LogP contribution is 2.26. The van der Waals surface area contributed by atoms with E-state index in [9.17, 15) is 0 Å². The van der Waals surface area contributed by atoms with Crippen molar-refractivity contribution in [3.8, 4) is 5.88 Å². The van der Waals surface area contributed by atoms with Gasteiger partial charge in [-0.25, -0.2) is 4.98 Å². The second-order valence-corrected chi connectivity index (χ2v) is 5.31. The van der Waals surface area contributed by atoms with Gasteiger partial charge >= 0.3 is 0 Å². The van der Waals surface area contributed by atoms with E-state index in [4.69, 9.17) is 22.7 Å². The zero-order chi connectivity index (χ0) is 12.4. The Kier molecular flexibility index (Phi) is 3.62. The maximum absolute atomic E-state index is 5.73. The van der Waals surface area contributed by atoms with Gasteiger partial charge in [0.1, 0.15) is 4.99 Å². The number of thiocarbonyl (C=S) groups is 1. The second-order valence-electron chi connectivity index (χ2n) is 4.87. The largest absolute Gasteiger partial charge is 0.477 e. The molecule has 0 amide bonds. The zero-order valence-electron chi connectivity index (χ0n) is 10.3. The van der Waals surface area contributed by atoms with Crippen molar-refractivity contribution in [3.05, 3.63) is 22.9 Å². The van der Waals surface area contributed by atoms with Crippen LogP contribution in [0.3, 0.4) is 0 Å². The third-order valence-corrected chi connectivity index (χ3v) is 3.05. The Morgan fingerprint density at radius 1 is 1.53 bits per heavy atom. The van der Waals surface area contributed by atoms with Gasteiger partial charge in [0, 0.05) is 5.69 Å². The van der Waals surface area contributed by atoms with Crippen molar-refractivity contribution in [3.63, 3.8) is 0 Å². The highest BCUT2D eigenvalue weighted by atomic mass is 32.1. The van der Waals surface area contributed by atoms with E-state index in [0.29, 0.717) is 23.4 Å². The minimum Gasteiger partial charge on any atom is -0.477 e. The number of rotatable bonds is 4. The molecular weight excluding hydrogens is 232 g/mol. The predicted octanol–water partition coefficient (Wildman–Crippen LogP) is 2.24. The summed E-state index contributed by atoms with van der Waals surface area (Å²) in [7, 11) is 0. The quantitative estimate of drug-likeness (QED) is 0.833. The fourth-order valence-electron chi connectivity index (χ4n) is 1.99. The summed E-state index contributed by atoms with van der Waals surface area (Å²) < 4.78 is 5.71. The normalized spacial score (nSPS) is 13.8. The molecule has 92 valence electrons. The van der Waals surface area contributed by atoms with Crippen LogP contribution in [0.4, 0.5) is 0 Å². The molecule has 0 spiro atoms. The van der Waals surface area contributed by atoms with Crippen LogP contribution in [0.25, 0.3) is 0 Å². The summed E-state index contributed by atoms with van der Waals surface area (Å²) in [5, 5.41) is 0. The number of hydrogen-bond donors (Lipinski definition) is 1. The standard InChI is InChI=1S/C13H18N2OS/c1-8(2)7-16-13-10(12(14)17)6-9-4-3-5-11(9)15-13/h6,8H,3-5,7H2,1-2H3,(H2,14,17). The van der Waals surface area contributed by atoms with Crippen molar-refractivity contribution in [2.75, 3.05) is 6.61 Å². The van der Waals surface area contributed by atoms with E-state index in [1.54, 1.807) is 0 Å². The van der Waals surface area contributed by atoms with E-state index in [-0.39, 0.29) is 0 Å². The molecule has 0 radical (unpaired) electrons. The van der Waals surface area contributed by atoms with Gasteiger partial charge in [-0.2, -0.15) is 0 Å². The number of pyridine rings is 1. The van der Waals surface area contributed by atoms with Crippen molar-refractivity contribution in [2.45, 2.75) is 33.1 Å². The van der Waals surface area contributed by atoms with Gasteiger partial charge in [0.15, 0.2) is 0 Å². The van der Waals surface area contributed by atoms with Crippen molar-refractivity contribution >= 4 is 17.2 Å². The number of aryl methyl sites for hydroxylation is 2. The molecule has 0 aliphatic heterocycles. The summed E-state index contributed by atoms with van der Waals surface area (Å²) in [4.78, 5) is 4.92. The number of aromatic nitrogens is 1. The molecule has 2 N–H and O–H groups in total. The molecule has 3 nitrogen and oxygen atoms in total. The van der Waals surface area contributed by atoms with Crippen molar-refractivity contribution in [1.29, 1.82) is 0 Å². The molecule has 2 rings (SSSR count). The molecule has 0 unspecified atom stereocenters. The minimum atomic E-state index is 0.367. The molecule has 1 heterocycles. The molecule has 0 fully saturated rings. The molecule has 0 atom stereocenters. The van der Waals surface area contributed by atoms with E-state index in [1.807, 2.05) is 6.07 Å². The lowest BCUT2D eigenvalue weighted by molar-refractivity contribution is 0.260. The number of fused-ring (bicyclic) bond motifs is 1. The van der Waals surface area contributed by atoms with Gasteiger partial charge in [-0.05, 0) is 36.8 Å². The maximum atomic E-state index is 5.73. The Morgan fingerprint density at radius 2 is 2.29 bits per heavy atom. The Balaban J connectivity index is 2.31. The molecule has 0 bridgehead atoms. The highest BCUT2D eigenvalue weighted by Gasteiger charge is 2.18. The smallest absolute Gasteiger partial charge is 0.224 e. The van der Waals surface area contributed by atoms with Crippen LogP contribution in [0, 0.1) is 5.92 Å². The van der Waals surface area contributed by atoms with Gasteiger partial charge in [0.05, 0.1) is 12.2 Å². The molecule has 0 aromatic carbocycles.